The molecule has 2 aromatic heterocycles. The second-order valence-electron chi connectivity index (χ2n) is 7.13. The molecule has 1 aliphatic rings. The minimum absolute atomic E-state index is 0.282. The number of benzene rings is 2. The second-order valence-corrected chi connectivity index (χ2v) is 8.93. The van der Waals surface area contributed by atoms with Gasteiger partial charge >= 0.3 is 0 Å². The van der Waals surface area contributed by atoms with E-state index in [0.717, 1.165) is 63.9 Å². The molecule has 0 spiro atoms. The topological polar surface area (TPSA) is 62.1 Å². The van der Waals surface area contributed by atoms with Gasteiger partial charge in [0.1, 0.15) is 10.8 Å². The number of aryl methyl sites for hydroxylation is 2. The minimum atomic E-state index is 0.282. The van der Waals surface area contributed by atoms with E-state index in [2.05, 4.69) is 51.3 Å². The number of fused-ring (bicyclic) bond motifs is 1. The van der Waals surface area contributed by atoms with Gasteiger partial charge in [0.25, 0.3) is 0 Å². The average Bonchev–Trinajstić information content (AvgIpc) is 3.55. The van der Waals surface area contributed by atoms with Crippen LogP contribution in [-0.4, -0.2) is 26.5 Å². The molecule has 6 nitrogen and oxygen atoms in total. The van der Waals surface area contributed by atoms with Gasteiger partial charge in [-0.05, 0) is 37.1 Å². The van der Waals surface area contributed by atoms with E-state index in [1.54, 1.807) is 23.1 Å². The van der Waals surface area contributed by atoms with Crippen molar-refractivity contribution in [3.8, 4) is 22.1 Å². The third-order valence-corrected chi connectivity index (χ3v) is 7.05. The lowest BCUT2D eigenvalue weighted by Crippen LogP contribution is -2.05. The largest absolute Gasteiger partial charge is 0.454 e. The van der Waals surface area contributed by atoms with Crippen molar-refractivity contribution in [2.24, 2.45) is 0 Å². The van der Waals surface area contributed by atoms with Crippen molar-refractivity contribution in [2.45, 2.75) is 37.2 Å². The maximum atomic E-state index is 5.48. The smallest absolute Gasteiger partial charge is 0.231 e. The van der Waals surface area contributed by atoms with Crippen molar-refractivity contribution in [1.29, 1.82) is 0 Å². The lowest BCUT2D eigenvalue weighted by atomic mass is 10.1. The number of thiazole rings is 1. The van der Waals surface area contributed by atoms with Crippen LogP contribution < -0.4 is 9.47 Å². The zero-order chi connectivity index (χ0) is 21.0. The Hall–Kier alpha value is -2.84. The molecule has 0 radical (unpaired) electrons. The summed E-state index contributed by atoms with van der Waals surface area (Å²) in [5, 5.41) is 12.9. The van der Waals surface area contributed by atoms with Crippen molar-refractivity contribution >= 4 is 23.1 Å². The Kier molecular flexibility index (Phi) is 5.90. The van der Waals surface area contributed by atoms with Crippen LogP contribution in [0.2, 0.25) is 0 Å². The molecule has 1 aliphatic heterocycles. The number of thioether (sulfide) groups is 1. The van der Waals surface area contributed by atoms with Crippen molar-refractivity contribution in [2.75, 3.05) is 6.79 Å². The van der Waals surface area contributed by atoms with Crippen molar-refractivity contribution in [1.82, 2.24) is 19.7 Å². The summed E-state index contributed by atoms with van der Waals surface area (Å²) in [7, 11) is 0. The van der Waals surface area contributed by atoms with Crippen LogP contribution in [0.3, 0.4) is 0 Å². The van der Waals surface area contributed by atoms with E-state index >= 15 is 0 Å². The maximum Gasteiger partial charge on any atom is 0.231 e. The molecule has 2 aromatic carbocycles. The highest BCUT2D eigenvalue weighted by Gasteiger charge is 2.16. The Morgan fingerprint density at radius 1 is 1.03 bits per heavy atom. The fourth-order valence-corrected chi connectivity index (χ4v) is 5.34. The zero-order valence-corrected chi connectivity index (χ0v) is 18.8. The molecular weight excluding hydrogens is 428 g/mol. The van der Waals surface area contributed by atoms with Crippen LogP contribution in [0.25, 0.3) is 10.6 Å². The highest BCUT2D eigenvalue weighted by molar-refractivity contribution is 7.98. The molecule has 0 saturated heterocycles. The Bertz CT molecular complexity index is 1170. The molecule has 158 valence electrons. The summed E-state index contributed by atoms with van der Waals surface area (Å²) in [6.45, 7) is 3.28. The summed E-state index contributed by atoms with van der Waals surface area (Å²) in [5.41, 5.74) is 3.41. The van der Waals surface area contributed by atoms with Crippen molar-refractivity contribution in [3.63, 3.8) is 0 Å². The van der Waals surface area contributed by atoms with Gasteiger partial charge in [-0.2, -0.15) is 0 Å². The van der Waals surface area contributed by atoms with E-state index in [4.69, 9.17) is 14.5 Å². The predicted molar refractivity (Wildman–Crippen MR) is 123 cm³/mol. The van der Waals surface area contributed by atoms with Crippen LogP contribution >= 0.6 is 23.1 Å². The fraction of sp³-hybridized carbons (Fsp3) is 0.261. The first-order valence-electron chi connectivity index (χ1n) is 10.2. The van der Waals surface area contributed by atoms with E-state index < -0.39 is 0 Å². The van der Waals surface area contributed by atoms with Gasteiger partial charge in [0.15, 0.2) is 16.7 Å². The summed E-state index contributed by atoms with van der Waals surface area (Å²) >= 11 is 3.33. The zero-order valence-electron chi connectivity index (χ0n) is 17.2. The summed E-state index contributed by atoms with van der Waals surface area (Å²) in [5.74, 6) is 3.37. The van der Waals surface area contributed by atoms with E-state index in [0.29, 0.717) is 0 Å². The Morgan fingerprint density at radius 2 is 1.90 bits per heavy atom. The molecule has 0 aliphatic carbocycles. The molecule has 0 saturated carbocycles. The van der Waals surface area contributed by atoms with Gasteiger partial charge in [-0.3, -0.25) is 0 Å². The van der Waals surface area contributed by atoms with E-state index in [9.17, 15) is 0 Å². The molecular formula is C23H22N4O2S2. The molecule has 3 heterocycles. The van der Waals surface area contributed by atoms with Gasteiger partial charge in [0.2, 0.25) is 6.79 Å². The maximum absolute atomic E-state index is 5.48. The highest BCUT2D eigenvalue weighted by atomic mass is 32.2. The Morgan fingerprint density at radius 3 is 2.77 bits per heavy atom. The van der Waals surface area contributed by atoms with Gasteiger partial charge < -0.3 is 14.0 Å². The summed E-state index contributed by atoms with van der Waals surface area (Å²) in [6.07, 6.45) is 1.85. The van der Waals surface area contributed by atoms with Crippen LogP contribution in [0, 0.1) is 0 Å². The van der Waals surface area contributed by atoms with Gasteiger partial charge in [0.05, 0.1) is 5.69 Å². The first-order valence-corrected chi connectivity index (χ1v) is 12.1. The van der Waals surface area contributed by atoms with E-state index in [-0.39, 0.29) is 6.79 Å². The fourth-order valence-electron chi connectivity index (χ4n) is 3.50. The van der Waals surface area contributed by atoms with Gasteiger partial charge in [-0.25, -0.2) is 4.98 Å². The monoisotopic (exact) mass is 450 g/mol. The third-order valence-electron chi connectivity index (χ3n) is 5.11. The van der Waals surface area contributed by atoms with Gasteiger partial charge in [-0.15, -0.1) is 21.5 Å². The Labute approximate surface area is 189 Å². The molecule has 0 unspecified atom stereocenters. The number of hydrogen-bond donors (Lipinski definition) is 0. The van der Waals surface area contributed by atoms with Crippen molar-refractivity contribution in [3.05, 3.63) is 71.0 Å². The predicted octanol–water partition coefficient (Wildman–Crippen LogP) is 5.23. The van der Waals surface area contributed by atoms with Gasteiger partial charge in [0, 0.05) is 29.7 Å². The summed E-state index contributed by atoms with van der Waals surface area (Å²) in [6, 6.07) is 16.5. The first kappa shape index (κ1) is 20.1. The molecule has 0 atom stereocenters. The highest BCUT2D eigenvalue weighted by Crippen LogP contribution is 2.37. The molecule has 0 amide bonds. The second kappa shape index (κ2) is 9.11. The van der Waals surface area contributed by atoms with Crippen LogP contribution in [0.4, 0.5) is 0 Å². The number of aromatic nitrogens is 4. The van der Waals surface area contributed by atoms with Crippen molar-refractivity contribution < 1.29 is 9.47 Å². The lowest BCUT2D eigenvalue weighted by Gasteiger charge is -2.07. The molecule has 0 bridgehead atoms. The van der Waals surface area contributed by atoms with Crippen LogP contribution in [0.1, 0.15) is 24.0 Å². The quantitative estimate of drug-likeness (QED) is 0.343. The lowest BCUT2D eigenvalue weighted by molar-refractivity contribution is 0.174. The molecule has 31 heavy (non-hydrogen) atoms. The molecule has 5 rings (SSSR count). The average molecular weight is 451 g/mol. The number of hydrogen-bond acceptors (Lipinski definition) is 7. The van der Waals surface area contributed by atoms with Gasteiger partial charge in [-0.1, -0.05) is 42.1 Å². The molecule has 4 aromatic rings. The summed E-state index contributed by atoms with van der Waals surface area (Å²) in [4.78, 5) is 4.80. The minimum Gasteiger partial charge on any atom is -0.454 e. The molecule has 0 N–H and O–H groups in total. The normalized spacial score (nSPS) is 12.4. The van der Waals surface area contributed by atoms with Crippen LogP contribution in [0.15, 0.2) is 59.1 Å². The first-order chi connectivity index (χ1) is 15.3. The Balaban J connectivity index is 1.24. The standard InChI is InChI=1S/C23H22N4O2S2/c1-2-27-21(11-8-16-6-4-3-5-7-16)25-26-23(27)31-14-18-13-30-22(24-18)17-9-10-19-20(12-17)29-15-28-19/h3-7,9-10,12-13H,2,8,11,14-15H2,1H3. The van der Waals surface area contributed by atoms with E-state index in [1.165, 1.54) is 5.56 Å². The number of nitrogens with zero attached hydrogens (tertiary/aromatic N) is 4. The van der Waals surface area contributed by atoms with Crippen LogP contribution in [-0.2, 0) is 25.1 Å². The number of rotatable bonds is 8. The number of ether oxygens (including phenoxy) is 2. The third kappa shape index (κ3) is 4.45. The van der Waals surface area contributed by atoms with E-state index in [1.807, 2.05) is 24.3 Å². The molecule has 8 heteroatoms. The summed E-state index contributed by atoms with van der Waals surface area (Å²) < 4.78 is 13.1. The molecule has 0 fully saturated rings. The SMILES string of the molecule is CCn1c(CCc2ccccc2)nnc1SCc1csc(-c2ccc3c(c2)OCO3)n1. The van der Waals surface area contributed by atoms with Crippen LogP contribution in [0.5, 0.6) is 11.5 Å².